The molecule has 0 bridgehead atoms. The molecule has 2 amide bonds. The lowest BCUT2D eigenvalue weighted by Crippen LogP contribution is -2.35. The zero-order valence-corrected chi connectivity index (χ0v) is 14.5. The SMILES string of the molecule is COc1ccc(NC(=O)NC(c2nc3ccccc3[nH]2)C(C)C)cc1. The number of H-pyrrole nitrogens is 1. The van der Waals surface area contributed by atoms with Crippen LogP contribution < -0.4 is 15.4 Å². The summed E-state index contributed by atoms with van der Waals surface area (Å²) in [7, 11) is 1.61. The third-order valence-corrected chi connectivity index (χ3v) is 4.00. The van der Waals surface area contributed by atoms with Crippen LogP contribution >= 0.6 is 0 Å². The quantitative estimate of drug-likeness (QED) is 0.655. The van der Waals surface area contributed by atoms with E-state index in [4.69, 9.17) is 4.74 Å². The number of fused-ring (bicyclic) bond motifs is 1. The second-order valence-electron chi connectivity index (χ2n) is 6.19. The Labute approximate surface area is 146 Å². The average Bonchev–Trinajstić information content (AvgIpc) is 3.03. The summed E-state index contributed by atoms with van der Waals surface area (Å²) in [5.41, 5.74) is 2.55. The number of carbonyl (C=O) groups is 1. The molecule has 0 aliphatic heterocycles. The van der Waals surface area contributed by atoms with E-state index in [-0.39, 0.29) is 18.0 Å². The van der Waals surface area contributed by atoms with E-state index in [0.717, 1.165) is 22.6 Å². The summed E-state index contributed by atoms with van der Waals surface area (Å²) in [6.45, 7) is 4.09. The third kappa shape index (κ3) is 3.91. The Kier molecular flexibility index (Phi) is 4.88. The Morgan fingerprint density at radius 2 is 1.84 bits per heavy atom. The van der Waals surface area contributed by atoms with Crippen molar-refractivity contribution in [2.24, 2.45) is 5.92 Å². The van der Waals surface area contributed by atoms with Crippen molar-refractivity contribution >= 4 is 22.8 Å². The highest BCUT2D eigenvalue weighted by molar-refractivity contribution is 5.89. The summed E-state index contributed by atoms with van der Waals surface area (Å²) >= 11 is 0. The number of hydrogen-bond acceptors (Lipinski definition) is 3. The smallest absolute Gasteiger partial charge is 0.319 e. The first-order valence-electron chi connectivity index (χ1n) is 8.23. The van der Waals surface area contributed by atoms with Gasteiger partial charge in [-0.15, -0.1) is 0 Å². The summed E-state index contributed by atoms with van der Waals surface area (Å²) in [5.74, 6) is 1.68. The lowest BCUT2D eigenvalue weighted by atomic mass is 10.0. The maximum atomic E-state index is 12.4. The molecule has 2 aromatic carbocycles. The average molecular weight is 338 g/mol. The fraction of sp³-hybridized carbons (Fsp3) is 0.263. The highest BCUT2D eigenvalue weighted by Crippen LogP contribution is 2.22. The Balaban J connectivity index is 1.73. The molecule has 1 aromatic heterocycles. The Hall–Kier alpha value is -3.02. The number of amides is 2. The van der Waals surface area contributed by atoms with Crippen molar-refractivity contribution in [1.82, 2.24) is 15.3 Å². The van der Waals surface area contributed by atoms with Crippen molar-refractivity contribution in [3.8, 4) is 5.75 Å². The van der Waals surface area contributed by atoms with E-state index >= 15 is 0 Å². The van der Waals surface area contributed by atoms with E-state index in [2.05, 4.69) is 20.6 Å². The van der Waals surface area contributed by atoms with Gasteiger partial charge in [0.1, 0.15) is 11.6 Å². The van der Waals surface area contributed by atoms with Crippen molar-refractivity contribution in [3.05, 3.63) is 54.4 Å². The van der Waals surface area contributed by atoms with Gasteiger partial charge >= 0.3 is 6.03 Å². The molecule has 0 spiro atoms. The number of benzene rings is 2. The molecule has 0 radical (unpaired) electrons. The predicted molar refractivity (Wildman–Crippen MR) is 98.8 cm³/mol. The van der Waals surface area contributed by atoms with Gasteiger partial charge in [-0.05, 0) is 42.3 Å². The third-order valence-electron chi connectivity index (χ3n) is 4.00. The lowest BCUT2D eigenvalue weighted by Gasteiger charge is -2.20. The minimum absolute atomic E-state index is 0.183. The summed E-state index contributed by atoms with van der Waals surface area (Å²) in [6.07, 6.45) is 0. The predicted octanol–water partition coefficient (Wildman–Crippen LogP) is 4.09. The first-order valence-corrected chi connectivity index (χ1v) is 8.23. The number of ether oxygens (including phenoxy) is 1. The number of hydrogen-bond donors (Lipinski definition) is 3. The van der Waals surface area contributed by atoms with Gasteiger partial charge in [0.2, 0.25) is 0 Å². The summed E-state index contributed by atoms with van der Waals surface area (Å²) < 4.78 is 5.12. The van der Waals surface area contributed by atoms with Gasteiger partial charge in [-0.2, -0.15) is 0 Å². The van der Waals surface area contributed by atoms with Crippen LogP contribution in [0.5, 0.6) is 5.75 Å². The van der Waals surface area contributed by atoms with E-state index in [0.29, 0.717) is 5.69 Å². The monoisotopic (exact) mass is 338 g/mol. The van der Waals surface area contributed by atoms with Crippen LogP contribution in [-0.4, -0.2) is 23.1 Å². The molecule has 1 atom stereocenters. The van der Waals surface area contributed by atoms with Gasteiger partial charge in [0.15, 0.2) is 0 Å². The molecule has 25 heavy (non-hydrogen) atoms. The summed E-state index contributed by atoms with van der Waals surface area (Å²) in [5, 5.41) is 5.83. The molecule has 6 nitrogen and oxygen atoms in total. The molecule has 6 heteroatoms. The Morgan fingerprint density at radius 1 is 1.12 bits per heavy atom. The molecule has 1 heterocycles. The fourth-order valence-electron chi connectivity index (χ4n) is 2.65. The number of nitrogens with zero attached hydrogens (tertiary/aromatic N) is 1. The molecule has 3 N–H and O–H groups in total. The van der Waals surface area contributed by atoms with Gasteiger partial charge in [-0.3, -0.25) is 0 Å². The van der Waals surface area contributed by atoms with Crippen molar-refractivity contribution in [2.75, 3.05) is 12.4 Å². The van der Waals surface area contributed by atoms with E-state index in [9.17, 15) is 4.79 Å². The Morgan fingerprint density at radius 3 is 2.48 bits per heavy atom. The topological polar surface area (TPSA) is 79.0 Å². The maximum Gasteiger partial charge on any atom is 0.319 e. The number of aromatic nitrogens is 2. The van der Waals surface area contributed by atoms with Crippen LogP contribution in [0.3, 0.4) is 0 Å². The fourth-order valence-corrected chi connectivity index (χ4v) is 2.65. The molecular formula is C19H22N4O2. The van der Waals surface area contributed by atoms with E-state index in [1.165, 1.54) is 0 Å². The van der Waals surface area contributed by atoms with Crippen molar-refractivity contribution in [3.63, 3.8) is 0 Å². The van der Waals surface area contributed by atoms with Gasteiger partial charge in [0, 0.05) is 5.69 Å². The normalized spacial score (nSPS) is 12.2. The maximum absolute atomic E-state index is 12.4. The molecule has 0 saturated heterocycles. The minimum atomic E-state index is -0.274. The molecule has 1 unspecified atom stereocenters. The highest BCUT2D eigenvalue weighted by Gasteiger charge is 2.21. The number of imidazole rings is 1. The molecule has 0 fully saturated rings. The van der Waals surface area contributed by atoms with Crippen molar-refractivity contribution in [1.29, 1.82) is 0 Å². The zero-order chi connectivity index (χ0) is 17.8. The lowest BCUT2D eigenvalue weighted by molar-refractivity contribution is 0.244. The Bertz CT molecular complexity index is 822. The van der Waals surface area contributed by atoms with Crippen LogP contribution in [0, 0.1) is 5.92 Å². The first kappa shape index (κ1) is 16.8. The second-order valence-corrected chi connectivity index (χ2v) is 6.19. The van der Waals surface area contributed by atoms with Crippen LogP contribution in [0.1, 0.15) is 25.7 Å². The van der Waals surface area contributed by atoms with Crippen LogP contribution in [0.2, 0.25) is 0 Å². The summed E-state index contributed by atoms with van der Waals surface area (Å²) in [6, 6.07) is 14.5. The van der Waals surface area contributed by atoms with Gasteiger partial charge < -0.3 is 20.4 Å². The number of urea groups is 1. The molecule has 0 saturated carbocycles. The molecular weight excluding hydrogens is 316 g/mol. The number of aromatic amines is 1. The molecule has 0 aliphatic carbocycles. The van der Waals surface area contributed by atoms with Crippen LogP contribution in [-0.2, 0) is 0 Å². The number of methoxy groups -OCH3 is 1. The largest absolute Gasteiger partial charge is 0.497 e. The minimum Gasteiger partial charge on any atom is -0.497 e. The molecule has 3 aromatic rings. The van der Waals surface area contributed by atoms with Gasteiger partial charge in [-0.25, -0.2) is 9.78 Å². The standard InChI is InChI=1S/C19H22N4O2/c1-12(2)17(18-21-15-6-4-5-7-16(15)22-18)23-19(24)20-13-8-10-14(25-3)11-9-13/h4-12,17H,1-3H3,(H,21,22)(H2,20,23,24). The number of para-hydroxylation sites is 2. The summed E-state index contributed by atoms with van der Waals surface area (Å²) in [4.78, 5) is 20.3. The van der Waals surface area contributed by atoms with Crippen LogP contribution in [0.15, 0.2) is 48.5 Å². The van der Waals surface area contributed by atoms with E-state index in [1.54, 1.807) is 31.4 Å². The number of carbonyl (C=O) groups excluding carboxylic acids is 1. The van der Waals surface area contributed by atoms with Crippen molar-refractivity contribution in [2.45, 2.75) is 19.9 Å². The van der Waals surface area contributed by atoms with Gasteiger partial charge in [-0.1, -0.05) is 26.0 Å². The molecule has 3 rings (SSSR count). The molecule has 130 valence electrons. The van der Waals surface area contributed by atoms with Crippen molar-refractivity contribution < 1.29 is 9.53 Å². The second kappa shape index (κ2) is 7.25. The number of rotatable bonds is 5. The molecule has 0 aliphatic rings. The van der Waals surface area contributed by atoms with Gasteiger partial charge in [0.05, 0.1) is 24.2 Å². The number of nitrogens with one attached hydrogen (secondary N) is 3. The van der Waals surface area contributed by atoms with Crippen LogP contribution in [0.25, 0.3) is 11.0 Å². The first-order chi connectivity index (χ1) is 12.1. The zero-order valence-electron chi connectivity index (χ0n) is 14.5. The highest BCUT2D eigenvalue weighted by atomic mass is 16.5. The van der Waals surface area contributed by atoms with Crippen LogP contribution in [0.4, 0.5) is 10.5 Å². The van der Waals surface area contributed by atoms with Gasteiger partial charge in [0.25, 0.3) is 0 Å². The number of anilines is 1. The van der Waals surface area contributed by atoms with E-state index < -0.39 is 0 Å². The van der Waals surface area contributed by atoms with E-state index in [1.807, 2.05) is 38.1 Å².